The minimum atomic E-state index is 0.801. The van der Waals surface area contributed by atoms with Crippen molar-refractivity contribution >= 4 is 0 Å². The van der Waals surface area contributed by atoms with E-state index in [1.54, 1.807) is 0 Å². The first-order valence-electron chi connectivity index (χ1n) is 4.86. The van der Waals surface area contributed by atoms with Gasteiger partial charge in [0, 0.05) is 0 Å². The Labute approximate surface area is 70.7 Å². The molecule has 1 fully saturated rings. The largest absolute Gasteiger partial charge is 0.103 e. The molecule has 1 aliphatic carbocycles. The van der Waals surface area contributed by atoms with E-state index in [-0.39, 0.29) is 0 Å². The summed E-state index contributed by atoms with van der Waals surface area (Å²) in [5.41, 5.74) is 0. The van der Waals surface area contributed by atoms with Gasteiger partial charge in [-0.2, -0.15) is 0 Å². The second-order valence-electron chi connectivity index (χ2n) is 4.12. The van der Waals surface area contributed by atoms with Crippen LogP contribution in [0.5, 0.6) is 0 Å². The third kappa shape index (κ3) is 2.36. The van der Waals surface area contributed by atoms with Crippen LogP contribution in [0.1, 0.15) is 39.5 Å². The molecule has 11 heavy (non-hydrogen) atoms. The topological polar surface area (TPSA) is 0 Å². The number of hydrogen-bond acceptors (Lipinski definition) is 0. The summed E-state index contributed by atoms with van der Waals surface area (Å²) < 4.78 is 0. The second kappa shape index (κ2) is 3.94. The van der Waals surface area contributed by atoms with Gasteiger partial charge in [0.1, 0.15) is 0 Å². The van der Waals surface area contributed by atoms with E-state index in [4.69, 9.17) is 0 Å². The number of hydrogen-bond donors (Lipinski definition) is 0. The Morgan fingerprint density at radius 1 is 1.18 bits per heavy atom. The zero-order chi connectivity index (χ0) is 8.27. The molecule has 0 aliphatic heterocycles. The standard InChI is InChI=1S/C11H20/c1-4-11-7-5-6-9(2)10(3)8-11/h4,9-11H,1,5-8H2,2-3H3. The first-order valence-corrected chi connectivity index (χ1v) is 4.86. The van der Waals surface area contributed by atoms with Gasteiger partial charge in [-0.1, -0.05) is 32.8 Å². The van der Waals surface area contributed by atoms with E-state index in [1.807, 2.05) is 0 Å². The summed E-state index contributed by atoms with van der Waals surface area (Å²) in [5, 5.41) is 0. The maximum atomic E-state index is 3.89. The monoisotopic (exact) mass is 152 g/mol. The first-order chi connectivity index (χ1) is 5.24. The zero-order valence-corrected chi connectivity index (χ0v) is 7.84. The molecule has 0 aromatic heterocycles. The summed E-state index contributed by atoms with van der Waals surface area (Å²) in [6, 6.07) is 0. The fraction of sp³-hybridized carbons (Fsp3) is 0.818. The lowest BCUT2D eigenvalue weighted by Crippen LogP contribution is -2.07. The van der Waals surface area contributed by atoms with Gasteiger partial charge in [0.25, 0.3) is 0 Å². The Balaban J connectivity index is 2.47. The van der Waals surface area contributed by atoms with Crippen molar-refractivity contribution in [2.45, 2.75) is 39.5 Å². The summed E-state index contributed by atoms with van der Waals surface area (Å²) in [6.45, 7) is 8.65. The normalized spacial score (nSPS) is 39.6. The first kappa shape index (κ1) is 8.83. The molecular weight excluding hydrogens is 132 g/mol. The summed E-state index contributed by atoms with van der Waals surface area (Å²) in [5.74, 6) is 2.63. The highest BCUT2D eigenvalue weighted by Crippen LogP contribution is 2.31. The minimum absolute atomic E-state index is 0.801. The molecule has 1 rings (SSSR count). The molecule has 1 saturated carbocycles. The van der Waals surface area contributed by atoms with Crippen molar-refractivity contribution < 1.29 is 0 Å². The summed E-state index contributed by atoms with van der Waals surface area (Å²) in [7, 11) is 0. The van der Waals surface area contributed by atoms with Crippen LogP contribution in [0.2, 0.25) is 0 Å². The van der Waals surface area contributed by atoms with E-state index >= 15 is 0 Å². The second-order valence-corrected chi connectivity index (χ2v) is 4.12. The molecule has 0 nitrogen and oxygen atoms in total. The van der Waals surface area contributed by atoms with Crippen molar-refractivity contribution in [2.24, 2.45) is 17.8 Å². The lowest BCUT2D eigenvalue weighted by atomic mass is 9.89. The highest BCUT2D eigenvalue weighted by atomic mass is 14.2. The predicted molar refractivity (Wildman–Crippen MR) is 50.5 cm³/mol. The molecule has 0 N–H and O–H groups in total. The van der Waals surface area contributed by atoms with Gasteiger partial charge in [0.2, 0.25) is 0 Å². The molecule has 0 bridgehead atoms. The molecule has 0 aromatic rings. The van der Waals surface area contributed by atoms with Crippen LogP contribution in [-0.2, 0) is 0 Å². The average Bonchev–Trinajstić information content (AvgIpc) is 2.15. The van der Waals surface area contributed by atoms with Crippen LogP contribution < -0.4 is 0 Å². The van der Waals surface area contributed by atoms with Crippen LogP contribution in [-0.4, -0.2) is 0 Å². The highest BCUT2D eigenvalue weighted by molar-refractivity contribution is 4.83. The summed E-state index contributed by atoms with van der Waals surface area (Å²) >= 11 is 0. The Bertz CT molecular complexity index is 126. The lowest BCUT2D eigenvalue weighted by molar-refractivity contribution is 0.351. The van der Waals surface area contributed by atoms with Gasteiger partial charge in [-0.3, -0.25) is 0 Å². The van der Waals surface area contributed by atoms with E-state index < -0.39 is 0 Å². The smallest absolute Gasteiger partial charge is 0.0234 e. The number of allylic oxidation sites excluding steroid dienone is 1. The molecule has 0 heteroatoms. The SMILES string of the molecule is C=CC1CCCC(C)C(C)C1. The van der Waals surface area contributed by atoms with Gasteiger partial charge in [-0.15, -0.1) is 6.58 Å². The quantitative estimate of drug-likeness (QED) is 0.397. The zero-order valence-electron chi connectivity index (χ0n) is 7.84. The molecule has 64 valence electrons. The molecule has 0 heterocycles. The van der Waals surface area contributed by atoms with Crippen LogP contribution in [0.4, 0.5) is 0 Å². The van der Waals surface area contributed by atoms with Gasteiger partial charge < -0.3 is 0 Å². The van der Waals surface area contributed by atoms with Crippen LogP contribution in [0.25, 0.3) is 0 Å². The highest BCUT2D eigenvalue weighted by Gasteiger charge is 2.19. The maximum Gasteiger partial charge on any atom is -0.0234 e. The third-order valence-electron chi connectivity index (χ3n) is 3.21. The van der Waals surface area contributed by atoms with Crippen molar-refractivity contribution in [1.29, 1.82) is 0 Å². The van der Waals surface area contributed by atoms with Gasteiger partial charge >= 0.3 is 0 Å². The van der Waals surface area contributed by atoms with Gasteiger partial charge in [-0.05, 0) is 30.6 Å². The number of rotatable bonds is 1. The van der Waals surface area contributed by atoms with E-state index in [0.29, 0.717) is 0 Å². The lowest BCUT2D eigenvalue weighted by Gasteiger charge is -2.17. The Hall–Kier alpha value is -0.260. The summed E-state index contributed by atoms with van der Waals surface area (Å²) in [4.78, 5) is 0. The van der Waals surface area contributed by atoms with Crippen molar-refractivity contribution in [1.82, 2.24) is 0 Å². The predicted octanol–water partition coefficient (Wildman–Crippen LogP) is 3.63. The van der Waals surface area contributed by atoms with Crippen molar-refractivity contribution in [3.8, 4) is 0 Å². The van der Waals surface area contributed by atoms with Gasteiger partial charge in [-0.25, -0.2) is 0 Å². The molecular formula is C11H20. The molecule has 0 radical (unpaired) electrons. The minimum Gasteiger partial charge on any atom is -0.103 e. The molecule has 0 saturated heterocycles. The maximum absolute atomic E-state index is 3.89. The molecule has 1 aliphatic rings. The third-order valence-corrected chi connectivity index (χ3v) is 3.21. The Kier molecular flexibility index (Phi) is 3.16. The molecule has 0 amide bonds. The van der Waals surface area contributed by atoms with Crippen LogP contribution >= 0.6 is 0 Å². The Morgan fingerprint density at radius 2 is 1.91 bits per heavy atom. The van der Waals surface area contributed by atoms with Gasteiger partial charge in [0.05, 0.1) is 0 Å². The van der Waals surface area contributed by atoms with Crippen LogP contribution in [0.3, 0.4) is 0 Å². The van der Waals surface area contributed by atoms with Crippen molar-refractivity contribution in [3.63, 3.8) is 0 Å². The van der Waals surface area contributed by atoms with E-state index in [2.05, 4.69) is 26.5 Å². The van der Waals surface area contributed by atoms with Crippen LogP contribution in [0, 0.1) is 17.8 Å². The molecule has 3 atom stereocenters. The van der Waals surface area contributed by atoms with E-state index in [0.717, 1.165) is 17.8 Å². The Morgan fingerprint density at radius 3 is 2.55 bits per heavy atom. The molecule has 0 aromatic carbocycles. The summed E-state index contributed by atoms with van der Waals surface area (Å²) in [6.07, 6.45) is 7.71. The molecule has 3 unspecified atom stereocenters. The fourth-order valence-electron chi connectivity index (χ4n) is 2.03. The van der Waals surface area contributed by atoms with Crippen molar-refractivity contribution in [2.75, 3.05) is 0 Å². The van der Waals surface area contributed by atoms with Crippen molar-refractivity contribution in [3.05, 3.63) is 12.7 Å². The fourth-order valence-corrected chi connectivity index (χ4v) is 2.03. The van der Waals surface area contributed by atoms with E-state index in [9.17, 15) is 0 Å². The molecule has 0 spiro atoms. The van der Waals surface area contributed by atoms with E-state index in [1.165, 1.54) is 25.7 Å². The average molecular weight is 152 g/mol. The van der Waals surface area contributed by atoms with Gasteiger partial charge in [0.15, 0.2) is 0 Å². The van der Waals surface area contributed by atoms with Crippen LogP contribution in [0.15, 0.2) is 12.7 Å².